The van der Waals surface area contributed by atoms with E-state index in [1.807, 2.05) is 0 Å². The van der Waals surface area contributed by atoms with Crippen LogP contribution in [0.25, 0.3) is 0 Å². The lowest BCUT2D eigenvalue weighted by Crippen LogP contribution is -2.31. The smallest absolute Gasteiger partial charge is 0.417 e. The van der Waals surface area contributed by atoms with Crippen LogP contribution in [0.1, 0.15) is 31.9 Å². The first-order chi connectivity index (χ1) is 10.3. The van der Waals surface area contributed by atoms with Crippen LogP contribution in [-0.4, -0.2) is 30.4 Å². The molecule has 5 nitrogen and oxygen atoms in total. The molecule has 0 aliphatic carbocycles. The van der Waals surface area contributed by atoms with Crippen LogP contribution in [0, 0.1) is 0 Å². The van der Waals surface area contributed by atoms with Gasteiger partial charge in [-0.3, -0.25) is 4.79 Å². The van der Waals surface area contributed by atoms with Crippen molar-refractivity contribution in [3.63, 3.8) is 0 Å². The van der Waals surface area contributed by atoms with Crippen LogP contribution < -0.4 is 5.56 Å². The Morgan fingerprint density at radius 2 is 1.95 bits per heavy atom. The molecule has 0 N–H and O–H groups in total. The lowest BCUT2D eigenvalue weighted by atomic mass is 10.2. The van der Waals surface area contributed by atoms with Crippen molar-refractivity contribution >= 4 is 5.97 Å². The van der Waals surface area contributed by atoms with E-state index in [1.165, 1.54) is 0 Å². The Morgan fingerprint density at radius 1 is 1.27 bits per heavy atom. The highest BCUT2D eigenvalue weighted by atomic mass is 19.4. The molecule has 0 bridgehead atoms. The number of nitrogens with zero attached hydrogens (tertiary/aromatic N) is 1. The van der Waals surface area contributed by atoms with Crippen LogP contribution >= 0.6 is 0 Å². The van der Waals surface area contributed by atoms with E-state index in [2.05, 4.69) is 0 Å². The number of pyridine rings is 1. The van der Waals surface area contributed by atoms with Gasteiger partial charge in [-0.15, -0.1) is 0 Å². The van der Waals surface area contributed by atoms with E-state index in [4.69, 9.17) is 9.47 Å². The van der Waals surface area contributed by atoms with Gasteiger partial charge in [-0.2, -0.15) is 13.2 Å². The van der Waals surface area contributed by atoms with E-state index < -0.39 is 29.3 Å². The van der Waals surface area contributed by atoms with Gasteiger partial charge in [0.15, 0.2) is 0 Å². The summed E-state index contributed by atoms with van der Waals surface area (Å²) in [6.07, 6.45) is -3.82. The van der Waals surface area contributed by atoms with E-state index in [0.29, 0.717) is 18.9 Å². The third kappa shape index (κ3) is 4.87. The summed E-state index contributed by atoms with van der Waals surface area (Å²) in [5.74, 6) is -0.761. The fourth-order valence-corrected chi connectivity index (χ4v) is 1.83. The van der Waals surface area contributed by atoms with Crippen molar-refractivity contribution in [3.05, 3.63) is 34.2 Å². The topological polar surface area (TPSA) is 57.5 Å². The molecule has 0 spiro atoms. The standard InChI is InChI=1S/C14H18F3NO4/c1-3-11(13(20)22-8-7-21-4-2)18-9-10(14(15,16)17)5-6-12(18)19/h5-6,9,11H,3-4,7-8H2,1-2H3. The average Bonchev–Trinajstić information content (AvgIpc) is 2.45. The van der Waals surface area contributed by atoms with Gasteiger partial charge in [0.25, 0.3) is 5.56 Å². The summed E-state index contributed by atoms with van der Waals surface area (Å²) in [5.41, 5.74) is -1.69. The van der Waals surface area contributed by atoms with Crippen LogP contribution in [0.15, 0.2) is 23.1 Å². The zero-order valence-electron chi connectivity index (χ0n) is 12.4. The number of esters is 1. The largest absolute Gasteiger partial charge is 0.462 e. The molecular weight excluding hydrogens is 303 g/mol. The molecule has 0 saturated heterocycles. The number of aromatic nitrogens is 1. The van der Waals surface area contributed by atoms with E-state index >= 15 is 0 Å². The number of alkyl halides is 3. The molecule has 0 radical (unpaired) electrons. The van der Waals surface area contributed by atoms with Gasteiger partial charge in [0.2, 0.25) is 0 Å². The first-order valence-corrected chi connectivity index (χ1v) is 6.85. The Hall–Kier alpha value is -1.83. The molecule has 0 aromatic carbocycles. The Bertz CT molecular complexity index is 554. The highest BCUT2D eigenvalue weighted by Crippen LogP contribution is 2.28. The summed E-state index contributed by atoms with van der Waals surface area (Å²) in [6.45, 7) is 3.99. The van der Waals surface area contributed by atoms with Crippen molar-refractivity contribution in [2.75, 3.05) is 19.8 Å². The molecule has 0 fully saturated rings. The summed E-state index contributed by atoms with van der Waals surface area (Å²) in [5, 5.41) is 0. The molecule has 1 aromatic rings. The second-order valence-corrected chi connectivity index (χ2v) is 4.45. The molecule has 0 saturated carbocycles. The van der Waals surface area contributed by atoms with Crippen molar-refractivity contribution in [3.8, 4) is 0 Å². The number of halogens is 3. The van der Waals surface area contributed by atoms with Gasteiger partial charge in [-0.1, -0.05) is 6.92 Å². The number of rotatable bonds is 7. The number of ether oxygens (including phenoxy) is 2. The lowest BCUT2D eigenvalue weighted by molar-refractivity contribution is -0.150. The van der Waals surface area contributed by atoms with Crippen molar-refractivity contribution in [1.82, 2.24) is 4.57 Å². The summed E-state index contributed by atoms with van der Waals surface area (Å²) >= 11 is 0. The van der Waals surface area contributed by atoms with Crippen LogP contribution in [0.3, 0.4) is 0 Å². The molecule has 22 heavy (non-hydrogen) atoms. The summed E-state index contributed by atoms with van der Waals surface area (Å²) in [4.78, 5) is 23.7. The van der Waals surface area contributed by atoms with Gasteiger partial charge in [0.1, 0.15) is 12.6 Å². The number of carbonyl (C=O) groups is 1. The zero-order chi connectivity index (χ0) is 16.8. The maximum Gasteiger partial charge on any atom is 0.417 e. The molecule has 1 unspecified atom stereocenters. The maximum absolute atomic E-state index is 12.7. The third-order valence-corrected chi connectivity index (χ3v) is 2.94. The predicted molar refractivity (Wildman–Crippen MR) is 72.5 cm³/mol. The molecule has 124 valence electrons. The maximum atomic E-state index is 12.7. The Labute approximate surface area is 125 Å². The Morgan fingerprint density at radius 3 is 2.50 bits per heavy atom. The van der Waals surface area contributed by atoms with Crippen LogP contribution in [0.4, 0.5) is 13.2 Å². The summed E-state index contributed by atoms with van der Waals surface area (Å²) in [7, 11) is 0. The van der Waals surface area contributed by atoms with Gasteiger partial charge in [-0.05, 0) is 19.4 Å². The second kappa shape index (κ2) is 7.98. The van der Waals surface area contributed by atoms with Crippen molar-refractivity contribution in [2.24, 2.45) is 0 Å². The van der Waals surface area contributed by atoms with Crippen LogP contribution in [0.5, 0.6) is 0 Å². The number of carbonyl (C=O) groups excluding carboxylic acids is 1. The zero-order valence-corrected chi connectivity index (χ0v) is 12.4. The average molecular weight is 321 g/mol. The van der Waals surface area contributed by atoms with Crippen molar-refractivity contribution in [1.29, 1.82) is 0 Å². The molecule has 1 atom stereocenters. The second-order valence-electron chi connectivity index (χ2n) is 4.45. The molecule has 0 aliphatic rings. The number of hydrogen-bond acceptors (Lipinski definition) is 4. The van der Waals surface area contributed by atoms with Gasteiger partial charge in [0, 0.05) is 18.9 Å². The molecule has 1 aromatic heterocycles. The van der Waals surface area contributed by atoms with Crippen molar-refractivity contribution < 1.29 is 27.4 Å². The highest BCUT2D eigenvalue weighted by molar-refractivity contribution is 5.74. The minimum Gasteiger partial charge on any atom is -0.462 e. The van der Waals surface area contributed by atoms with E-state index in [-0.39, 0.29) is 19.6 Å². The third-order valence-electron chi connectivity index (χ3n) is 2.94. The Kier molecular flexibility index (Phi) is 6.61. The summed E-state index contributed by atoms with van der Waals surface area (Å²) in [6, 6.07) is 0.377. The molecule has 0 aliphatic heterocycles. The summed E-state index contributed by atoms with van der Waals surface area (Å²) < 4.78 is 48.8. The van der Waals surface area contributed by atoms with Crippen LogP contribution in [-0.2, 0) is 20.4 Å². The minimum atomic E-state index is -4.59. The van der Waals surface area contributed by atoms with Crippen molar-refractivity contribution in [2.45, 2.75) is 32.5 Å². The first kappa shape index (κ1) is 18.2. The Balaban J connectivity index is 2.94. The van der Waals surface area contributed by atoms with Gasteiger partial charge < -0.3 is 14.0 Å². The SMILES string of the molecule is CCOCCOC(=O)C(CC)n1cc(C(F)(F)F)ccc1=O. The van der Waals surface area contributed by atoms with E-state index in [9.17, 15) is 22.8 Å². The highest BCUT2D eigenvalue weighted by Gasteiger charge is 2.32. The van der Waals surface area contributed by atoms with Gasteiger partial charge >= 0.3 is 12.1 Å². The molecule has 1 heterocycles. The fraction of sp³-hybridized carbons (Fsp3) is 0.571. The minimum absolute atomic E-state index is 0.0170. The lowest BCUT2D eigenvalue weighted by Gasteiger charge is -2.18. The van der Waals surface area contributed by atoms with E-state index in [0.717, 1.165) is 10.6 Å². The quantitative estimate of drug-likeness (QED) is 0.571. The number of hydrogen-bond donors (Lipinski definition) is 0. The van der Waals surface area contributed by atoms with Gasteiger partial charge in [-0.25, -0.2) is 4.79 Å². The molecule has 1 rings (SSSR count). The fourth-order valence-electron chi connectivity index (χ4n) is 1.83. The van der Waals surface area contributed by atoms with E-state index in [1.54, 1.807) is 13.8 Å². The molecule has 0 amide bonds. The molecule has 8 heteroatoms. The monoisotopic (exact) mass is 321 g/mol. The normalized spacial score (nSPS) is 13.0. The first-order valence-electron chi connectivity index (χ1n) is 6.85. The molecular formula is C14H18F3NO4. The van der Waals surface area contributed by atoms with Crippen LogP contribution in [0.2, 0.25) is 0 Å². The van der Waals surface area contributed by atoms with Gasteiger partial charge in [0.05, 0.1) is 12.2 Å². The predicted octanol–water partition coefficient (Wildman–Crippen LogP) is 2.40.